The monoisotopic (exact) mass is 349 g/mol. The Balaban J connectivity index is 1.94. The molecule has 0 aliphatic heterocycles. The van der Waals surface area contributed by atoms with Crippen LogP contribution in [0.3, 0.4) is 0 Å². The minimum absolute atomic E-state index is 0.0873. The number of benzene rings is 2. The number of hydrogen-bond acceptors (Lipinski definition) is 6. The van der Waals surface area contributed by atoms with Crippen LogP contribution in [0.15, 0.2) is 47.4 Å². The molecule has 2 aromatic carbocycles. The van der Waals surface area contributed by atoms with Crippen LogP contribution >= 0.6 is 11.3 Å². The van der Waals surface area contributed by atoms with Crippen molar-refractivity contribution in [2.45, 2.75) is 11.8 Å². The van der Waals surface area contributed by atoms with Crippen molar-refractivity contribution in [3.63, 3.8) is 0 Å². The summed E-state index contributed by atoms with van der Waals surface area (Å²) in [6.45, 7) is 1.87. The molecule has 118 valence electrons. The maximum Gasteiger partial charge on any atom is 0.271 e. The number of non-ortho nitro benzene ring substituents is 1. The van der Waals surface area contributed by atoms with E-state index in [1.807, 2.05) is 6.92 Å². The van der Waals surface area contributed by atoms with Crippen LogP contribution in [0.2, 0.25) is 0 Å². The summed E-state index contributed by atoms with van der Waals surface area (Å²) in [5.74, 6) is 0. The molecule has 23 heavy (non-hydrogen) atoms. The first kappa shape index (κ1) is 15.4. The quantitative estimate of drug-likeness (QED) is 0.575. The molecule has 0 aliphatic rings. The molecule has 1 N–H and O–H groups in total. The zero-order chi connectivity index (χ0) is 16.6. The number of thiazole rings is 1. The van der Waals surface area contributed by atoms with Gasteiger partial charge in [0.05, 0.1) is 20.0 Å². The molecule has 7 nitrogen and oxygen atoms in total. The number of nitrogens with one attached hydrogen (secondary N) is 1. The fourth-order valence-electron chi connectivity index (χ4n) is 1.96. The second-order valence-corrected chi connectivity index (χ2v) is 7.56. The first-order chi connectivity index (χ1) is 10.8. The second-order valence-electron chi connectivity index (χ2n) is 4.85. The number of nitro groups is 1. The van der Waals surface area contributed by atoms with Gasteiger partial charge in [-0.25, -0.2) is 13.4 Å². The largest absolute Gasteiger partial charge is 0.271 e. The van der Waals surface area contributed by atoms with Crippen molar-refractivity contribution in [1.82, 2.24) is 4.98 Å². The van der Waals surface area contributed by atoms with E-state index in [0.717, 1.165) is 16.9 Å². The maximum absolute atomic E-state index is 12.3. The van der Waals surface area contributed by atoms with Gasteiger partial charge in [-0.2, -0.15) is 0 Å². The number of aromatic nitrogens is 1. The molecule has 1 aromatic heterocycles. The lowest BCUT2D eigenvalue weighted by atomic mass is 10.2. The Morgan fingerprint density at radius 1 is 1.17 bits per heavy atom. The highest BCUT2D eigenvalue weighted by atomic mass is 32.2. The van der Waals surface area contributed by atoms with Gasteiger partial charge in [-0.05, 0) is 25.1 Å². The Hall–Kier alpha value is -2.52. The molecule has 0 saturated heterocycles. The van der Waals surface area contributed by atoms with Gasteiger partial charge in [0.25, 0.3) is 15.7 Å². The summed E-state index contributed by atoms with van der Waals surface area (Å²) < 4.78 is 27.7. The van der Waals surface area contributed by atoms with Crippen LogP contribution in [-0.4, -0.2) is 18.3 Å². The molecule has 0 fully saturated rings. The Kier molecular flexibility index (Phi) is 3.74. The summed E-state index contributed by atoms with van der Waals surface area (Å²) in [5.41, 5.74) is 1.25. The molecule has 0 bridgehead atoms. The van der Waals surface area contributed by atoms with Gasteiger partial charge >= 0.3 is 0 Å². The van der Waals surface area contributed by atoms with Crippen LogP contribution in [0.4, 0.5) is 10.8 Å². The fraction of sp³-hybridized carbons (Fsp3) is 0.0714. The lowest BCUT2D eigenvalue weighted by Crippen LogP contribution is -2.12. The van der Waals surface area contributed by atoms with Gasteiger partial charge in [0, 0.05) is 12.1 Å². The number of fused-ring (bicyclic) bond motifs is 1. The molecule has 9 heteroatoms. The van der Waals surface area contributed by atoms with E-state index in [4.69, 9.17) is 0 Å². The molecule has 0 saturated carbocycles. The van der Waals surface area contributed by atoms with Crippen molar-refractivity contribution < 1.29 is 13.3 Å². The van der Waals surface area contributed by atoms with Gasteiger partial charge in [-0.15, -0.1) is 0 Å². The predicted molar refractivity (Wildman–Crippen MR) is 88.3 cm³/mol. The highest BCUT2D eigenvalue weighted by molar-refractivity contribution is 7.93. The van der Waals surface area contributed by atoms with E-state index in [2.05, 4.69) is 9.71 Å². The third kappa shape index (κ3) is 3.15. The number of aryl methyl sites for hydroxylation is 1. The zero-order valence-corrected chi connectivity index (χ0v) is 13.5. The van der Waals surface area contributed by atoms with E-state index < -0.39 is 14.9 Å². The molecular weight excluding hydrogens is 338 g/mol. The number of rotatable bonds is 4. The third-order valence-electron chi connectivity index (χ3n) is 3.13. The Bertz CT molecular complexity index is 995. The SMILES string of the molecule is Cc1ccc(S(=O)(=O)Nc2nc3cc([N+](=O)[O-])ccc3s2)cc1. The van der Waals surface area contributed by atoms with Crippen molar-refractivity contribution in [3.05, 3.63) is 58.1 Å². The highest BCUT2D eigenvalue weighted by Gasteiger charge is 2.17. The third-order valence-corrected chi connectivity index (χ3v) is 5.57. The summed E-state index contributed by atoms with van der Waals surface area (Å²) >= 11 is 1.12. The molecule has 0 radical (unpaired) electrons. The molecule has 3 aromatic rings. The molecule has 0 aliphatic carbocycles. The van der Waals surface area contributed by atoms with Crippen LogP contribution in [0.5, 0.6) is 0 Å². The summed E-state index contributed by atoms with van der Waals surface area (Å²) in [5, 5.41) is 10.9. The van der Waals surface area contributed by atoms with E-state index in [1.165, 1.54) is 24.3 Å². The molecule has 0 spiro atoms. The van der Waals surface area contributed by atoms with Gasteiger partial charge in [0.1, 0.15) is 0 Å². The van der Waals surface area contributed by atoms with Crippen LogP contribution in [-0.2, 0) is 10.0 Å². The zero-order valence-electron chi connectivity index (χ0n) is 11.9. The lowest BCUT2D eigenvalue weighted by molar-refractivity contribution is -0.384. The Morgan fingerprint density at radius 2 is 1.87 bits per heavy atom. The molecule has 0 atom stereocenters. The van der Waals surface area contributed by atoms with E-state index in [9.17, 15) is 18.5 Å². The first-order valence-electron chi connectivity index (χ1n) is 6.50. The van der Waals surface area contributed by atoms with E-state index in [0.29, 0.717) is 10.2 Å². The average molecular weight is 349 g/mol. The van der Waals surface area contributed by atoms with Gasteiger partial charge in [0.15, 0.2) is 5.13 Å². The van der Waals surface area contributed by atoms with Crippen molar-refractivity contribution in [1.29, 1.82) is 0 Å². The summed E-state index contributed by atoms with van der Waals surface area (Å²) in [6.07, 6.45) is 0. The Morgan fingerprint density at radius 3 is 2.52 bits per heavy atom. The van der Waals surface area contributed by atoms with Gasteiger partial charge in [-0.3, -0.25) is 14.8 Å². The van der Waals surface area contributed by atoms with Crippen molar-refractivity contribution in [2.24, 2.45) is 0 Å². The van der Waals surface area contributed by atoms with E-state index >= 15 is 0 Å². The van der Waals surface area contributed by atoms with Crippen molar-refractivity contribution >= 4 is 42.4 Å². The average Bonchev–Trinajstić information content (AvgIpc) is 2.87. The minimum Gasteiger partial charge on any atom is -0.258 e. The van der Waals surface area contributed by atoms with E-state index in [-0.39, 0.29) is 15.7 Å². The topological polar surface area (TPSA) is 102 Å². The van der Waals surface area contributed by atoms with Crippen LogP contribution < -0.4 is 4.72 Å². The molecule has 0 amide bonds. The van der Waals surface area contributed by atoms with Gasteiger partial charge in [-0.1, -0.05) is 29.0 Å². The van der Waals surface area contributed by atoms with Crippen LogP contribution in [0.25, 0.3) is 10.2 Å². The number of sulfonamides is 1. The van der Waals surface area contributed by atoms with Crippen molar-refractivity contribution in [2.75, 3.05) is 4.72 Å². The predicted octanol–water partition coefficient (Wildman–Crippen LogP) is 3.31. The van der Waals surface area contributed by atoms with Crippen molar-refractivity contribution in [3.8, 4) is 0 Å². The lowest BCUT2D eigenvalue weighted by Gasteiger charge is -2.04. The molecule has 0 unspecified atom stereocenters. The molecule has 1 heterocycles. The number of anilines is 1. The minimum atomic E-state index is -3.74. The van der Waals surface area contributed by atoms with Gasteiger partial charge in [0.2, 0.25) is 0 Å². The summed E-state index contributed by atoms with van der Waals surface area (Å²) in [6, 6.07) is 10.7. The number of nitro benzene ring substituents is 1. The smallest absolute Gasteiger partial charge is 0.258 e. The van der Waals surface area contributed by atoms with Crippen LogP contribution in [0.1, 0.15) is 5.56 Å². The first-order valence-corrected chi connectivity index (χ1v) is 8.79. The highest BCUT2D eigenvalue weighted by Crippen LogP contribution is 2.30. The molecule has 3 rings (SSSR count). The maximum atomic E-state index is 12.3. The van der Waals surface area contributed by atoms with Gasteiger partial charge < -0.3 is 0 Å². The normalized spacial score (nSPS) is 11.5. The summed E-state index contributed by atoms with van der Waals surface area (Å²) in [4.78, 5) is 14.5. The van der Waals surface area contributed by atoms with E-state index in [1.54, 1.807) is 18.2 Å². The fourth-order valence-corrected chi connectivity index (χ4v) is 4.05. The van der Waals surface area contributed by atoms with Crippen LogP contribution in [0, 0.1) is 17.0 Å². The standard InChI is InChI=1S/C14H11N3O4S2/c1-9-2-5-11(6-3-9)23(20,21)16-14-15-12-8-10(17(18)19)4-7-13(12)22-14/h2-8H,1H3,(H,15,16). The second kappa shape index (κ2) is 5.60. The molecular formula is C14H11N3O4S2. The number of nitrogens with zero attached hydrogens (tertiary/aromatic N) is 2. The summed E-state index contributed by atoms with van der Waals surface area (Å²) in [7, 11) is -3.74. The Labute approximate surface area is 135 Å². The number of hydrogen-bond donors (Lipinski definition) is 1.